The quantitative estimate of drug-likeness (QED) is 0.476. The molecule has 1 amide bonds. The van der Waals surface area contributed by atoms with Crippen LogP contribution >= 0.6 is 0 Å². The molecule has 0 aliphatic rings. The van der Waals surface area contributed by atoms with Crippen molar-refractivity contribution in [2.75, 3.05) is 33.9 Å². The van der Waals surface area contributed by atoms with Crippen molar-refractivity contribution >= 4 is 5.91 Å². The molecule has 0 aromatic heterocycles. The number of likely N-dealkylation sites (N-methyl/N-ethyl adjacent to an activating group) is 1. The molecule has 0 spiro atoms. The summed E-state index contributed by atoms with van der Waals surface area (Å²) in [6.45, 7) is 7.55. The molecule has 0 saturated carbocycles. The van der Waals surface area contributed by atoms with E-state index in [0.29, 0.717) is 6.54 Å². The van der Waals surface area contributed by atoms with E-state index in [-0.39, 0.29) is 11.9 Å². The van der Waals surface area contributed by atoms with Crippen molar-refractivity contribution in [3.63, 3.8) is 0 Å². The lowest BCUT2D eigenvalue weighted by molar-refractivity contribution is -0.125. The van der Waals surface area contributed by atoms with Crippen LogP contribution < -0.4 is 5.32 Å². The van der Waals surface area contributed by atoms with Gasteiger partial charge >= 0.3 is 0 Å². The summed E-state index contributed by atoms with van der Waals surface area (Å²) in [6, 6.07) is -0.109. The third-order valence-electron chi connectivity index (χ3n) is 2.32. The first-order valence-corrected chi connectivity index (χ1v) is 5.21. The lowest BCUT2D eigenvalue weighted by Gasteiger charge is -2.23. The fourth-order valence-corrected chi connectivity index (χ4v) is 1.17. The Morgan fingerprint density at radius 3 is 2.87 bits per heavy atom. The second kappa shape index (κ2) is 8.44. The number of hydrogen-bond acceptors (Lipinski definition) is 3. The number of methoxy groups -OCH3 is 1. The minimum absolute atomic E-state index is 0.0369. The van der Waals surface area contributed by atoms with Gasteiger partial charge in [0.2, 0.25) is 5.91 Å². The highest BCUT2D eigenvalue weighted by Gasteiger charge is 2.16. The highest BCUT2D eigenvalue weighted by atomic mass is 16.5. The molecule has 0 bridgehead atoms. The lowest BCUT2D eigenvalue weighted by atomic mass is 10.2. The summed E-state index contributed by atoms with van der Waals surface area (Å²) in [5, 5.41) is 2.77. The summed E-state index contributed by atoms with van der Waals surface area (Å²) in [6.07, 6.45) is 2.61. The molecule has 0 aliphatic carbocycles. The van der Waals surface area contributed by atoms with E-state index < -0.39 is 0 Å². The third-order valence-corrected chi connectivity index (χ3v) is 2.32. The lowest BCUT2D eigenvalue weighted by Crippen LogP contribution is -2.43. The number of amides is 1. The van der Waals surface area contributed by atoms with Gasteiger partial charge in [-0.05, 0) is 20.4 Å². The van der Waals surface area contributed by atoms with Crippen molar-refractivity contribution in [1.82, 2.24) is 10.2 Å². The minimum atomic E-state index is -0.109. The number of carbonyl (C=O) groups is 1. The summed E-state index contributed by atoms with van der Waals surface area (Å²) in [7, 11) is 3.62. The van der Waals surface area contributed by atoms with Crippen LogP contribution in [0.25, 0.3) is 0 Å². The van der Waals surface area contributed by atoms with Crippen LogP contribution in [0.5, 0.6) is 0 Å². The van der Waals surface area contributed by atoms with E-state index in [0.717, 1.165) is 19.6 Å². The summed E-state index contributed by atoms with van der Waals surface area (Å²) in [5.74, 6) is 0.0369. The predicted molar refractivity (Wildman–Crippen MR) is 61.8 cm³/mol. The largest absolute Gasteiger partial charge is 0.385 e. The maximum absolute atomic E-state index is 11.5. The summed E-state index contributed by atoms with van der Waals surface area (Å²) in [4.78, 5) is 13.6. The van der Waals surface area contributed by atoms with E-state index in [2.05, 4.69) is 11.9 Å². The van der Waals surface area contributed by atoms with Gasteiger partial charge in [-0.25, -0.2) is 0 Å². The van der Waals surface area contributed by atoms with Gasteiger partial charge in [-0.15, -0.1) is 6.58 Å². The van der Waals surface area contributed by atoms with Gasteiger partial charge in [-0.2, -0.15) is 0 Å². The molecule has 0 heterocycles. The first-order chi connectivity index (χ1) is 7.13. The smallest absolute Gasteiger partial charge is 0.237 e. The monoisotopic (exact) mass is 214 g/mol. The normalized spacial score (nSPS) is 12.5. The molecule has 4 heteroatoms. The van der Waals surface area contributed by atoms with Gasteiger partial charge in [0, 0.05) is 26.8 Å². The van der Waals surface area contributed by atoms with Crippen LogP contribution in [0.4, 0.5) is 0 Å². The van der Waals surface area contributed by atoms with E-state index >= 15 is 0 Å². The highest BCUT2D eigenvalue weighted by molar-refractivity contribution is 5.81. The molecule has 0 rings (SSSR count). The zero-order valence-corrected chi connectivity index (χ0v) is 9.95. The zero-order chi connectivity index (χ0) is 11.7. The molecule has 4 nitrogen and oxygen atoms in total. The van der Waals surface area contributed by atoms with E-state index in [1.165, 1.54) is 0 Å². The first-order valence-electron chi connectivity index (χ1n) is 5.21. The Bertz CT molecular complexity index is 195. The van der Waals surface area contributed by atoms with Crippen LogP contribution in [-0.2, 0) is 9.53 Å². The van der Waals surface area contributed by atoms with Crippen LogP contribution in [0.15, 0.2) is 12.7 Å². The molecule has 1 N–H and O–H groups in total. The van der Waals surface area contributed by atoms with Crippen LogP contribution in [0.2, 0.25) is 0 Å². The van der Waals surface area contributed by atoms with E-state index in [1.807, 2.05) is 18.9 Å². The van der Waals surface area contributed by atoms with Crippen LogP contribution in [-0.4, -0.2) is 50.7 Å². The Morgan fingerprint density at radius 2 is 2.33 bits per heavy atom. The topological polar surface area (TPSA) is 41.6 Å². The van der Waals surface area contributed by atoms with Crippen molar-refractivity contribution in [3.05, 3.63) is 12.7 Å². The van der Waals surface area contributed by atoms with Crippen molar-refractivity contribution in [2.45, 2.75) is 19.4 Å². The predicted octanol–water partition coefficient (Wildman–Crippen LogP) is 0.645. The Labute approximate surface area is 92.3 Å². The number of nitrogens with one attached hydrogen (secondary N) is 1. The van der Waals surface area contributed by atoms with Gasteiger partial charge in [-0.3, -0.25) is 9.69 Å². The van der Waals surface area contributed by atoms with Crippen LogP contribution in [0, 0.1) is 0 Å². The van der Waals surface area contributed by atoms with E-state index in [4.69, 9.17) is 4.74 Å². The Kier molecular flexibility index (Phi) is 7.95. The Hall–Kier alpha value is -0.870. The number of nitrogens with zero attached hydrogens (tertiary/aromatic N) is 1. The average molecular weight is 214 g/mol. The highest BCUT2D eigenvalue weighted by Crippen LogP contribution is 1.97. The van der Waals surface area contributed by atoms with Gasteiger partial charge in [0.1, 0.15) is 0 Å². The molecule has 15 heavy (non-hydrogen) atoms. The van der Waals surface area contributed by atoms with Crippen molar-refractivity contribution < 1.29 is 9.53 Å². The molecule has 0 aliphatic heterocycles. The zero-order valence-electron chi connectivity index (χ0n) is 9.95. The molecular formula is C11H22N2O2. The van der Waals surface area contributed by atoms with E-state index in [9.17, 15) is 4.79 Å². The molecule has 0 aromatic rings. The van der Waals surface area contributed by atoms with Gasteiger partial charge in [0.25, 0.3) is 0 Å². The summed E-state index contributed by atoms with van der Waals surface area (Å²) >= 11 is 0. The van der Waals surface area contributed by atoms with Crippen LogP contribution in [0.3, 0.4) is 0 Å². The van der Waals surface area contributed by atoms with Gasteiger partial charge < -0.3 is 10.1 Å². The van der Waals surface area contributed by atoms with Crippen molar-refractivity contribution in [2.24, 2.45) is 0 Å². The van der Waals surface area contributed by atoms with Crippen molar-refractivity contribution in [3.8, 4) is 0 Å². The second-order valence-electron chi connectivity index (χ2n) is 3.54. The molecule has 1 atom stereocenters. The van der Waals surface area contributed by atoms with Crippen molar-refractivity contribution in [1.29, 1.82) is 0 Å². The van der Waals surface area contributed by atoms with E-state index in [1.54, 1.807) is 13.2 Å². The Balaban J connectivity index is 3.79. The molecule has 1 unspecified atom stereocenters. The maximum Gasteiger partial charge on any atom is 0.237 e. The molecule has 88 valence electrons. The Morgan fingerprint density at radius 1 is 1.67 bits per heavy atom. The molecule has 0 radical (unpaired) electrons. The van der Waals surface area contributed by atoms with Gasteiger partial charge in [0.05, 0.1) is 6.04 Å². The fraction of sp³-hybridized carbons (Fsp3) is 0.727. The molecule has 0 saturated heterocycles. The van der Waals surface area contributed by atoms with Gasteiger partial charge in [0.15, 0.2) is 0 Å². The summed E-state index contributed by atoms with van der Waals surface area (Å²) in [5.41, 5.74) is 0. The number of ether oxygens (including phenoxy) is 1. The maximum atomic E-state index is 11.5. The molecule has 0 fully saturated rings. The minimum Gasteiger partial charge on any atom is -0.385 e. The average Bonchev–Trinajstić information content (AvgIpc) is 2.24. The van der Waals surface area contributed by atoms with Gasteiger partial charge in [-0.1, -0.05) is 6.08 Å². The first kappa shape index (κ1) is 14.1. The second-order valence-corrected chi connectivity index (χ2v) is 3.54. The number of hydrogen-bond donors (Lipinski definition) is 1. The SMILES string of the molecule is C=CCNC(=O)C(C)N(C)CCCOC. The molecular weight excluding hydrogens is 192 g/mol. The summed E-state index contributed by atoms with van der Waals surface area (Å²) < 4.78 is 4.96. The number of rotatable bonds is 8. The fourth-order valence-electron chi connectivity index (χ4n) is 1.17. The third kappa shape index (κ3) is 6.25. The number of carbonyl (C=O) groups excluding carboxylic acids is 1. The standard InChI is InChI=1S/C11H22N2O2/c1-5-7-12-11(14)10(2)13(3)8-6-9-15-4/h5,10H,1,6-9H2,2-4H3,(H,12,14). The van der Waals surface area contributed by atoms with Crippen LogP contribution in [0.1, 0.15) is 13.3 Å². The molecule has 0 aromatic carbocycles.